The van der Waals surface area contributed by atoms with E-state index in [1.807, 2.05) is 6.92 Å². The van der Waals surface area contributed by atoms with Crippen LogP contribution in [-0.2, 0) is 4.74 Å². The maximum absolute atomic E-state index is 9.24. The molecule has 0 spiro atoms. The smallest absolute Gasteiger partial charge is 0.109 e. The zero-order valence-corrected chi connectivity index (χ0v) is 6.32. The minimum Gasteiger partial charge on any atom is -0.391 e. The van der Waals surface area contributed by atoms with Gasteiger partial charge in [-0.25, -0.2) is 0 Å². The summed E-state index contributed by atoms with van der Waals surface area (Å²) in [5.74, 6) is 0. The van der Waals surface area contributed by atoms with Crippen LogP contribution in [0.2, 0.25) is 0 Å². The van der Waals surface area contributed by atoms with E-state index in [9.17, 15) is 5.11 Å². The van der Waals surface area contributed by atoms with Crippen molar-refractivity contribution in [3.8, 4) is 0 Å². The molecule has 1 heterocycles. The molecule has 0 aromatic rings. The minimum absolute atomic E-state index is 0.0783. The number of rotatable bonds is 1. The molecule has 3 heteroatoms. The van der Waals surface area contributed by atoms with Crippen molar-refractivity contribution >= 4 is 0 Å². The van der Waals surface area contributed by atoms with Gasteiger partial charge in [0.1, 0.15) is 6.10 Å². The van der Waals surface area contributed by atoms with Gasteiger partial charge in [0.15, 0.2) is 0 Å². The summed E-state index contributed by atoms with van der Waals surface area (Å²) in [6, 6.07) is 0. The van der Waals surface area contributed by atoms with Gasteiger partial charge in [-0.1, -0.05) is 0 Å². The fourth-order valence-corrected chi connectivity index (χ4v) is 1.32. The molecule has 10 heavy (non-hydrogen) atoms. The third kappa shape index (κ3) is 1.48. The minimum atomic E-state index is -0.569. The third-order valence-electron chi connectivity index (χ3n) is 1.82. The highest BCUT2D eigenvalue weighted by Gasteiger charge is 2.34. The molecule has 0 bridgehead atoms. The number of aliphatic hydroxyl groups excluding tert-OH is 2. The Labute approximate surface area is 60.6 Å². The summed E-state index contributed by atoms with van der Waals surface area (Å²) in [5, 5.41) is 18.3. The standard InChI is InChI=1S/C7H14O3/c1-4-3-6(9)7(10-4)5(2)8/h4-9H,3H2,1-2H3/t4-,5?,6+,7-/m1/s1. The van der Waals surface area contributed by atoms with Crippen molar-refractivity contribution < 1.29 is 14.9 Å². The van der Waals surface area contributed by atoms with Gasteiger partial charge in [0.2, 0.25) is 0 Å². The van der Waals surface area contributed by atoms with Crippen LogP contribution in [0.3, 0.4) is 0 Å². The predicted molar refractivity (Wildman–Crippen MR) is 36.6 cm³/mol. The van der Waals surface area contributed by atoms with Crippen LogP contribution >= 0.6 is 0 Å². The maximum atomic E-state index is 9.24. The lowest BCUT2D eigenvalue weighted by Gasteiger charge is -2.16. The summed E-state index contributed by atoms with van der Waals surface area (Å²) in [6.45, 7) is 3.53. The zero-order valence-electron chi connectivity index (χ0n) is 6.32. The Morgan fingerprint density at radius 1 is 1.60 bits per heavy atom. The van der Waals surface area contributed by atoms with Crippen LogP contribution in [0.4, 0.5) is 0 Å². The Bertz CT molecular complexity index is 113. The average molecular weight is 146 g/mol. The first-order chi connectivity index (χ1) is 4.61. The van der Waals surface area contributed by atoms with E-state index >= 15 is 0 Å². The van der Waals surface area contributed by atoms with Crippen molar-refractivity contribution in [1.29, 1.82) is 0 Å². The summed E-state index contributed by atoms with van der Waals surface area (Å²) in [5.41, 5.74) is 0. The second-order valence-electron chi connectivity index (χ2n) is 2.95. The van der Waals surface area contributed by atoms with Gasteiger partial charge in [-0.3, -0.25) is 0 Å². The maximum Gasteiger partial charge on any atom is 0.109 e. The fraction of sp³-hybridized carbons (Fsp3) is 1.00. The van der Waals surface area contributed by atoms with Crippen molar-refractivity contribution in [2.45, 2.75) is 44.7 Å². The lowest BCUT2D eigenvalue weighted by molar-refractivity contribution is -0.0543. The fourth-order valence-electron chi connectivity index (χ4n) is 1.32. The van der Waals surface area contributed by atoms with Gasteiger partial charge in [0, 0.05) is 6.42 Å². The Hall–Kier alpha value is -0.120. The molecule has 1 aliphatic heterocycles. The highest BCUT2D eigenvalue weighted by atomic mass is 16.5. The predicted octanol–water partition coefficient (Wildman–Crippen LogP) is -0.0945. The second kappa shape index (κ2) is 2.86. The van der Waals surface area contributed by atoms with Crippen LogP contribution in [0.1, 0.15) is 20.3 Å². The largest absolute Gasteiger partial charge is 0.391 e. The van der Waals surface area contributed by atoms with Gasteiger partial charge < -0.3 is 14.9 Å². The molecule has 60 valence electrons. The highest BCUT2D eigenvalue weighted by Crippen LogP contribution is 2.21. The van der Waals surface area contributed by atoms with E-state index in [1.54, 1.807) is 6.92 Å². The Balaban J connectivity index is 2.46. The molecule has 0 radical (unpaired) electrons. The van der Waals surface area contributed by atoms with Crippen molar-refractivity contribution in [2.75, 3.05) is 0 Å². The lowest BCUT2D eigenvalue weighted by atomic mass is 10.1. The van der Waals surface area contributed by atoms with E-state index in [4.69, 9.17) is 9.84 Å². The molecule has 1 unspecified atom stereocenters. The Morgan fingerprint density at radius 3 is 2.40 bits per heavy atom. The molecule has 2 N–H and O–H groups in total. The monoisotopic (exact) mass is 146 g/mol. The Morgan fingerprint density at radius 2 is 2.20 bits per heavy atom. The van der Waals surface area contributed by atoms with E-state index in [0.29, 0.717) is 6.42 Å². The topological polar surface area (TPSA) is 49.7 Å². The lowest BCUT2D eigenvalue weighted by Crippen LogP contribution is -2.32. The SMILES string of the molecule is CC(O)[C@H]1O[C@H](C)C[C@@H]1O. The first kappa shape index (κ1) is 7.98. The molecular weight excluding hydrogens is 132 g/mol. The molecule has 1 rings (SSSR count). The van der Waals surface area contributed by atoms with Crippen LogP contribution in [0.15, 0.2) is 0 Å². The van der Waals surface area contributed by atoms with Crippen molar-refractivity contribution in [3.05, 3.63) is 0 Å². The van der Waals surface area contributed by atoms with Crippen molar-refractivity contribution in [1.82, 2.24) is 0 Å². The van der Waals surface area contributed by atoms with Gasteiger partial charge in [-0.05, 0) is 13.8 Å². The van der Waals surface area contributed by atoms with Gasteiger partial charge in [0.25, 0.3) is 0 Å². The molecule has 0 aliphatic carbocycles. The molecule has 1 fully saturated rings. The van der Waals surface area contributed by atoms with Gasteiger partial charge in [-0.2, -0.15) is 0 Å². The Kier molecular flexibility index (Phi) is 2.28. The quantitative estimate of drug-likeness (QED) is 0.543. The number of aliphatic hydroxyl groups is 2. The van der Waals surface area contributed by atoms with E-state index < -0.39 is 12.2 Å². The average Bonchev–Trinajstić information content (AvgIpc) is 2.10. The number of hydrogen-bond donors (Lipinski definition) is 2. The third-order valence-corrected chi connectivity index (χ3v) is 1.82. The molecule has 0 aromatic carbocycles. The van der Waals surface area contributed by atoms with Crippen molar-refractivity contribution in [3.63, 3.8) is 0 Å². The van der Waals surface area contributed by atoms with Gasteiger partial charge in [0.05, 0.1) is 18.3 Å². The summed E-state index contributed by atoms with van der Waals surface area (Å²) < 4.78 is 5.23. The van der Waals surface area contributed by atoms with Crippen LogP contribution in [0.25, 0.3) is 0 Å². The van der Waals surface area contributed by atoms with E-state index in [-0.39, 0.29) is 12.2 Å². The van der Waals surface area contributed by atoms with Crippen LogP contribution in [0.5, 0.6) is 0 Å². The summed E-state index contributed by atoms with van der Waals surface area (Å²) in [7, 11) is 0. The second-order valence-corrected chi connectivity index (χ2v) is 2.95. The summed E-state index contributed by atoms with van der Waals surface area (Å²) in [4.78, 5) is 0. The van der Waals surface area contributed by atoms with Crippen molar-refractivity contribution in [2.24, 2.45) is 0 Å². The van der Waals surface area contributed by atoms with E-state index in [0.717, 1.165) is 0 Å². The molecular formula is C7H14O3. The zero-order chi connectivity index (χ0) is 7.72. The summed E-state index contributed by atoms with van der Waals surface area (Å²) >= 11 is 0. The first-order valence-electron chi connectivity index (χ1n) is 3.63. The molecule has 4 atom stereocenters. The highest BCUT2D eigenvalue weighted by molar-refractivity contribution is 4.82. The van der Waals surface area contributed by atoms with Crippen LogP contribution < -0.4 is 0 Å². The molecule has 3 nitrogen and oxygen atoms in total. The first-order valence-corrected chi connectivity index (χ1v) is 3.63. The molecule has 0 amide bonds. The van der Waals surface area contributed by atoms with E-state index in [1.165, 1.54) is 0 Å². The van der Waals surface area contributed by atoms with Crippen LogP contribution in [0, 0.1) is 0 Å². The van der Waals surface area contributed by atoms with Gasteiger partial charge >= 0.3 is 0 Å². The van der Waals surface area contributed by atoms with Crippen LogP contribution in [-0.4, -0.2) is 34.6 Å². The summed E-state index contributed by atoms with van der Waals surface area (Å²) in [6.07, 6.45) is -0.727. The van der Waals surface area contributed by atoms with Gasteiger partial charge in [-0.15, -0.1) is 0 Å². The molecule has 1 aliphatic rings. The normalized spacial score (nSPS) is 43.8. The van der Waals surface area contributed by atoms with E-state index in [2.05, 4.69) is 0 Å². The number of hydrogen-bond acceptors (Lipinski definition) is 3. The molecule has 0 aromatic heterocycles. The molecule has 0 saturated carbocycles. The number of ether oxygens (including phenoxy) is 1. The molecule has 1 saturated heterocycles.